The summed E-state index contributed by atoms with van der Waals surface area (Å²) in [6, 6.07) is 28.9. The molecule has 0 bridgehead atoms. The first-order valence-corrected chi connectivity index (χ1v) is 12.8. The summed E-state index contributed by atoms with van der Waals surface area (Å²) in [7, 11) is 0. The number of hydrogen-bond acceptors (Lipinski definition) is 0. The smallest absolute Gasteiger partial charge is 1.00 e. The number of fused-ring (bicyclic) bond motifs is 3. The van der Waals surface area contributed by atoms with E-state index in [2.05, 4.69) is 128 Å². The largest absolute Gasteiger partial charge is 3.00 e. The number of hydrogen-bond donors (Lipinski definition) is 0. The van der Waals surface area contributed by atoms with E-state index in [0.29, 0.717) is 0 Å². The van der Waals surface area contributed by atoms with Gasteiger partial charge in [0, 0.05) is 0 Å². The van der Waals surface area contributed by atoms with Crippen molar-refractivity contribution < 1.29 is 51.0 Å². The van der Waals surface area contributed by atoms with Gasteiger partial charge in [-0.1, -0.05) is 124 Å². The maximum Gasteiger partial charge on any atom is 3.00 e. The van der Waals surface area contributed by atoms with Gasteiger partial charge < -0.3 is 24.8 Å². The van der Waals surface area contributed by atoms with Crippen molar-refractivity contribution in [2.24, 2.45) is 0 Å². The van der Waals surface area contributed by atoms with Crippen LogP contribution >= 0.6 is 0 Å². The Morgan fingerprint density at radius 1 is 0.579 bits per heavy atom. The molecule has 195 valence electrons. The molecule has 0 spiro atoms. The summed E-state index contributed by atoms with van der Waals surface area (Å²) in [4.78, 5) is 0. The molecule has 4 aromatic carbocycles. The van der Waals surface area contributed by atoms with Crippen LogP contribution in [-0.2, 0) is 43.5 Å². The second-order valence-corrected chi connectivity index (χ2v) is 12.3. The second kappa shape index (κ2) is 11.8. The van der Waals surface area contributed by atoms with Crippen LogP contribution in [-0.4, -0.2) is 0 Å². The van der Waals surface area contributed by atoms with Gasteiger partial charge in [-0.05, 0) is 58.9 Å². The fourth-order valence-electron chi connectivity index (χ4n) is 5.58. The van der Waals surface area contributed by atoms with Crippen LogP contribution in [0.1, 0.15) is 74.9 Å². The van der Waals surface area contributed by atoms with E-state index in [4.69, 9.17) is 0 Å². The normalized spacial score (nSPS) is 12.0. The Bertz CT molecular complexity index is 1340. The Hall–Kier alpha value is -1.66. The van der Waals surface area contributed by atoms with Gasteiger partial charge in [-0.2, -0.15) is 0 Å². The van der Waals surface area contributed by atoms with Crippen molar-refractivity contribution in [2.45, 2.75) is 72.6 Å². The molecule has 0 aromatic heterocycles. The standard InChI is InChI=1S/C35H37.2ClH.Zr/c1-22-13-9-11-15-26(22)30-18-24-17-25-19-31(27-16-12-10-14-23(27)2)33(35(6,7)8)21-29(25)28(24)20-32(30)34(3,4)5;;;/h9-16,18,20-21H,17H2,1-8H3;2*1H;/q-1;;;+3/p-2. The van der Waals surface area contributed by atoms with Gasteiger partial charge in [-0.15, -0.1) is 28.8 Å². The molecule has 3 heteroatoms. The third kappa shape index (κ3) is 5.91. The zero-order valence-corrected chi connectivity index (χ0v) is 27.8. The van der Waals surface area contributed by atoms with Gasteiger partial charge in [-0.3, -0.25) is 0 Å². The Labute approximate surface area is 261 Å². The minimum absolute atomic E-state index is 0. The number of benzene rings is 4. The molecule has 0 heterocycles. The molecule has 1 aliphatic carbocycles. The molecule has 5 rings (SSSR count). The zero-order valence-electron chi connectivity index (χ0n) is 23.8. The summed E-state index contributed by atoms with van der Waals surface area (Å²) in [5.41, 5.74) is 16.3. The Kier molecular flexibility index (Phi) is 10.1. The quantitative estimate of drug-likeness (QED) is 0.265. The molecule has 0 amide bonds. The minimum Gasteiger partial charge on any atom is -1.00 e. The molecular formula is C35H37Cl2Zr. The van der Waals surface area contributed by atoms with Crippen molar-refractivity contribution in [1.29, 1.82) is 0 Å². The molecule has 0 aliphatic heterocycles. The fraction of sp³-hybridized carbons (Fsp3) is 0.314. The molecule has 0 fully saturated rings. The molecular weight excluding hydrogens is 583 g/mol. The van der Waals surface area contributed by atoms with Gasteiger partial charge in [0.1, 0.15) is 0 Å². The van der Waals surface area contributed by atoms with Crippen LogP contribution in [0.5, 0.6) is 0 Å². The van der Waals surface area contributed by atoms with E-state index in [0.717, 1.165) is 6.42 Å². The third-order valence-corrected chi connectivity index (χ3v) is 7.53. The van der Waals surface area contributed by atoms with Crippen LogP contribution in [0.15, 0.2) is 66.7 Å². The Balaban J connectivity index is 0.00000169. The molecule has 0 N–H and O–H groups in total. The zero-order chi connectivity index (χ0) is 25.1. The van der Waals surface area contributed by atoms with Gasteiger partial charge in [0.05, 0.1) is 0 Å². The predicted molar refractivity (Wildman–Crippen MR) is 151 cm³/mol. The van der Waals surface area contributed by atoms with Crippen molar-refractivity contribution in [3.63, 3.8) is 0 Å². The monoisotopic (exact) mass is 617 g/mol. The van der Waals surface area contributed by atoms with Crippen LogP contribution in [0, 0.1) is 19.9 Å². The van der Waals surface area contributed by atoms with Crippen molar-refractivity contribution in [2.75, 3.05) is 0 Å². The second-order valence-electron chi connectivity index (χ2n) is 12.3. The molecule has 0 atom stereocenters. The van der Waals surface area contributed by atoms with Gasteiger partial charge in [0.15, 0.2) is 0 Å². The molecule has 4 aromatic rings. The van der Waals surface area contributed by atoms with Crippen molar-refractivity contribution in [3.8, 4) is 33.4 Å². The summed E-state index contributed by atoms with van der Waals surface area (Å²) >= 11 is 0. The molecule has 1 radical (unpaired) electrons. The first-order chi connectivity index (χ1) is 16.4. The van der Waals surface area contributed by atoms with E-state index < -0.39 is 0 Å². The average molecular weight is 620 g/mol. The number of aryl methyl sites for hydroxylation is 2. The maximum atomic E-state index is 3.93. The van der Waals surface area contributed by atoms with Crippen molar-refractivity contribution in [3.05, 3.63) is 106 Å². The van der Waals surface area contributed by atoms with Crippen LogP contribution in [0.25, 0.3) is 33.4 Å². The minimum atomic E-state index is 0. The summed E-state index contributed by atoms with van der Waals surface area (Å²) in [6.07, 6.45) is 0.942. The summed E-state index contributed by atoms with van der Waals surface area (Å²) in [6.45, 7) is 18.4. The molecule has 0 saturated carbocycles. The van der Waals surface area contributed by atoms with Crippen LogP contribution in [0.3, 0.4) is 0 Å². The van der Waals surface area contributed by atoms with Crippen LogP contribution in [0.2, 0.25) is 0 Å². The van der Waals surface area contributed by atoms with Gasteiger partial charge >= 0.3 is 26.2 Å². The molecule has 0 nitrogen and oxygen atoms in total. The Morgan fingerprint density at radius 3 is 1.61 bits per heavy atom. The predicted octanol–water partition coefficient (Wildman–Crippen LogP) is 3.61. The van der Waals surface area contributed by atoms with E-state index in [1.165, 1.54) is 66.8 Å². The molecule has 1 aliphatic rings. The van der Waals surface area contributed by atoms with Gasteiger partial charge in [-0.25, -0.2) is 0 Å². The van der Waals surface area contributed by atoms with Crippen molar-refractivity contribution in [1.82, 2.24) is 0 Å². The number of halogens is 2. The van der Waals surface area contributed by atoms with Gasteiger partial charge in [0.25, 0.3) is 0 Å². The molecule has 38 heavy (non-hydrogen) atoms. The van der Waals surface area contributed by atoms with Crippen LogP contribution < -0.4 is 24.8 Å². The first kappa shape index (κ1) is 32.6. The topological polar surface area (TPSA) is 0 Å². The fourth-order valence-corrected chi connectivity index (χ4v) is 5.58. The maximum absolute atomic E-state index is 3.93. The number of rotatable bonds is 2. The third-order valence-electron chi connectivity index (χ3n) is 7.53. The van der Waals surface area contributed by atoms with E-state index in [9.17, 15) is 0 Å². The Morgan fingerprint density at radius 2 is 1.08 bits per heavy atom. The first-order valence-electron chi connectivity index (χ1n) is 12.8. The molecule has 0 saturated heterocycles. The van der Waals surface area contributed by atoms with Crippen LogP contribution in [0.4, 0.5) is 0 Å². The SMILES string of the molecule is Cc1ccccc1-c1[c-]c2c(cc1C(C)(C)C)-c1cc(C(C)(C)C)c(-c3ccccc3C)cc1C2.[Cl-].[Cl-].[Zr+3]. The summed E-state index contributed by atoms with van der Waals surface area (Å²) in [5, 5.41) is 0. The summed E-state index contributed by atoms with van der Waals surface area (Å²) < 4.78 is 0. The van der Waals surface area contributed by atoms with Crippen molar-refractivity contribution >= 4 is 0 Å². The van der Waals surface area contributed by atoms with E-state index >= 15 is 0 Å². The average Bonchev–Trinajstić information content (AvgIpc) is 3.13. The summed E-state index contributed by atoms with van der Waals surface area (Å²) in [5.74, 6) is 0. The van der Waals surface area contributed by atoms with Gasteiger partial charge in [0.2, 0.25) is 0 Å². The van der Waals surface area contributed by atoms with E-state index in [-0.39, 0.29) is 61.8 Å². The van der Waals surface area contributed by atoms with E-state index in [1.54, 1.807) is 0 Å². The van der Waals surface area contributed by atoms with E-state index in [1.807, 2.05) is 0 Å². The molecule has 0 unspecified atom stereocenters.